The van der Waals surface area contributed by atoms with Crippen LogP contribution in [0.25, 0.3) is 0 Å². The molecule has 0 atom stereocenters. The molecule has 1 aromatic carbocycles. The summed E-state index contributed by atoms with van der Waals surface area (Å²) < 4.78 is 26.5. The molecule has 0 bridgehead atoms. The largest absolute Gasteiger partial charge is 0.339 e. The second-order valence-electron chi connectivity index (χ2n) is 7.33. The van der Waals surface area contributed by atoms with E-state index in [9.17, 15) is 13.2 Å². The number of piperidine rings is 1. The lowest BCUT2D eigenvalue weighted by atomic mass is 9.78. The molecule has 0 radical (unpaired) electrons. The van der Waals surface area contributed by atoms with Crippen molar-refractivity contribution in [3.63, 3.8) is 0 Å². The predicted octanol–water partition coefficient (Wildman–Crippen LogP) is 2.35. The van der Waals surface area contributed by atoms with Gasteiger partial charge in [0.15, 0.2) is 0 Å². The number of carbonyl (C=O) groups excluding carboxylic acids is 1. The van der Waals surface area contributed by atoms with Gasteiger partial charge in [0.1, 0.15) is 0 Å². The summed E-state index contributed by atoms with van der Waals surface area (Å²) in [5, 5.41) is 3.43. The molecule has 0 unspecified atom stereocenters. The normalized spacial score (nSPS) is 19.3. The van der Waals surface area contributed by atoms with Gasteiger partial charge in [-0.05, 0) is 55.5 Å². The van der Waals surface area contributed by atoms with Crippen molar-refractivity contribution in [3.8, 4) is 0 Å². The predicted molar refractivity (Wildman–Crippen MR) is 109 cm³/mol. The van der Waals surface area contributed by atoms with Crippen LogP contribution in [0, 0.1) is 5.41 Å². The van der Waals surface area contributed by atoms with Gasteiger partial charge in [0.2, 0.25) is 10.0 Å². The zero-order valence-electron chi connectivity index (χ0n) is 16.1. The van der Waals surface area contributed by atoms with E-state index in [2.05, 4.69) is 5.32 Å². The van der Waals surface area contributed by atoms with Gasteiger partial charge < -0.3 is 10.2 Å². The molecule has 0 aromatic heterocycles. The molecule has 1 N–H and O–H groups in total. The van der Waals surface area contributed by atoms with Crippen LogP contribution in [0.1, 0.15) is 43.5 Å². The van der Waals surface area contributed by atoms with E-state index in [1.807, 2.05) is 18.7 Å². The van der Waals surface area contributed by atoms with Gasteiger partial charge in [0, 0.05) is 38.3 Å². The lowest BCUT2D eigenvalue weighted by Gasteiger charge is -2.38. The number of halogens is 1. The minimum Gasteiger partial charge on any atom is -0.339 e. The first kappa shape index (κ1) is 22.1. The van der Waals surface area contributed by atoms with E-state index < -0.39 is 10.0 Å². The second-order valence-corrected chi connectivity index (χ2v) is 9.27. The summed E-state index contributed by atoms with van der Waals surface area (Å²) in [6, 6.07) is 6.38. The van der Waals surface area contributed by atoms with Crippen LogP contribution in [0.15, 0.2) is 29.2 Å². The lowest BCUT2D eigenvalue weighted by molar-refractivity contribution is 0.0607. The summed E-state index contributed by atoms with van der Waals surface area (Å²) in [6.07, 6.45) is 3.28. The van der Waals surface area contributed by atoms with E-state index in [-0.39, 0.29) is 23.2 Å². The SMILES string of the molecule is CCN(CC)S(=O)(=O)c1ccc(C(=O)N2CCC3(CCNC3)CC2)cc1.Cl. The smallest absolute Gasteiger partial charge is 0.253 e. The highest BCUT2D eigenvalue weighted by molar-refractivity contribution is 7.89. The molecule has 27 heavy (non-hydrogen) atoms. The highest BCUT2D eigenvalue weighted by Crippen LogP contribution is 2.37. The molecular weight excluding hydrogens is 386 g/mol. The summed E-state index contributed by atoms with van der Waals surface area (Å²) in [5.41, 5.74) is 0.933. The minimum atomic E-state index is -3.48. The molecule has 1 aromatic rings. The topological polar surface area (TPSA) is 69.7 Å². The maximum atomic E-state index is 12.8. The number of hydrogen-bond donors (Lipinski definition) is 1. The molecule has 0 aliphatic carbocycles. The number of nitrogens with zero attached hydrogens (tertiary/aromatic N) is 2. The van der Waals surface area contributed by atoms with E-state index in [0.29, 0.717) is 24.1 Å². The van der Waals surface area contributed by atoms with E-state index in [1.165, 1.54) is 10.7 Å². The zero-order chi connectivity index (χ0) is 18.8. The third-order valence-electron chi connectivity index (χ3n) is 5.89. The number of amides is 1. The van der Waals surface area contributed by atoms with Crippen molar-refractivity contribution in [3.05, 3.63) is 29.8 Å². The number of rotatable bonds is 5. The Bertz CT molecular complexity index is 732. The molecule has 2 fully saturated rings. The molecular formula is C19H30ClN3O3S. The highest BCUT2D eigenvalue weighted by Gasteiger charge is 2.38. The monoisotopic (exact) mass is 415 g/mol. The molecule has 2 aliphatic heterocycles. The van der Waals surface area contributed by atoms with Crippen molar-refractivity contribution in [1.29, 1.82) is 0 Å². The summed E-state index contributed by atoms with van der Waals surface area (Å²) >= 11 is 0. The molecule has 2 aliphatic rings. The van der Waals surface area contributed by atoms with Crippen molar-refractivity contribution >= 4 is 28.3 Å². The van der Waals surface area contributed by atoms with Gasteiger partial charge in [-0.1, -0.05) is 13.8 Å². The standard InChI is InChI=1S/C19H29N3O3S.ClH/c1-3-22(4-2)26(24,25)17-7-5-16(6-8-17)18(23)21-13-10-19(11-14-21)9-12-20-15-19;/h5-8,20H,3-4,9-15H2,1-2H3;1H. The fourth-order valence-corrected chi connectivity index (χ4v) is 5.53. The van der Waals surface area contributed by atoms with Gasteiger partial charge in [-0.3, -0.25) is 4.79 Å². The van der Waals surface area contributed by atoms with Crippen molar-refractivity contribution in [2.75, 3.05) is 39.3 Å². The molecule has 1 amide bonds. The van der Waals surface area contributed by atoms with Gasteiger partial charge in [-0.25, -0.2) is 8.42 Å². The van der Waals surface area contributed by atoms with E-state index in [1.54, 1.807) is 24.3 Å². The van der Waals surface area contributed by atoms with E-state index in [4.69, 9.17) is 0 Å². The van der Waals surface area contributed by atoms with Crippen LogP contribution in [0.5, 0.6) is 0 Å². The van der Waals surface area contributed by atoms with Crippen LogP contribution in [-0.4, -0.2) is 62.8 Å². The third-order valence-corrected chi connectivity index (χ3v) is 7.95. The Labute approximate surface area is 168 Å². The Balaban J connectivity index is 0.00000261. The van der Waals surface area contributed by atoms with Crippen LogP contribution in [0.4, 0.5) is 0 Å². The van der Waals surface area contributed by atoms with Gasteiger partial charge >= 0.3 is 0 Å². The maximum Gasteiger partial charge on any atom is 0.253 e. The van der Waals surface area contributed by atoms with E-state index >= 15 is 0 Å². The van der Waals surface area contributed by atoms with Crippen molar-refractivity contribution in [1.82, 2.24) is 14.5 Å². The zero-order valence-corrected chi connectivity index (χ0v) is 17.7. The van der Waals surface area contributed by atoms with Crippen molar-refractivity contribution < 1.29 is 13.2 Å². The number of benzene rings is 1. The summed E-state index contributed by atoms with van der Waals surface area (Å²) in [6.45, 7) is 8.21. The first-order valence-electron chi connectivity index (χ1n) is 9.52. The molecule has 1 spiro atoms. The summed E-state index contributed by atoms with van der Waals surface area (Å²) in [4.78, 5) is 14.9. The number of sulfonamides is 1. The number of carbonyl (C=O) groups is 1. The van der Waals surface area contributed by atoms with Gasteiger partial charge in [0.25, 0.3) is 5.91 Å². The maximum absolute atomic E-state index is 12.8. The summed E-state index contributed by atoms with van der Waals surface area (Å²) in [5.74, 6) is -0.00223. The van der Waals surface area contributed by atoms with Gasteiger partial charge in [0.05, 0.1) is 4.90 Å². The van der Waals surface area contributed by atoms with Crippen molar-refractivity contribution in [2.45, 2.75) is 38.0 Å². The Hall–Kier alpha value is -1.15. The average Bonchev–Trinajstić information content (AvgIpc) is 3.11. The Morgan fingerprint density at radius 1 is 1.11 bits per heavy atom. The van der Waals surface area contributed by atoms with Crippen molar-refractivity contribution in [2.24, 2.45) is 5.41 Å². The van der Waals surface area contributed by atoms with Gasteiger partial charge in [-0.2, -0.15) is 4.31 Å². The third kappa shape index (κ3) is 4.47. The first-order chi connectivity index (χ1) is 12.4. The molecule has 152 valence electrons. The Morgan fingerprint density at radius 2 is 1.70 bits per heavy atom. The summed E-state index contributed by atoms with van der Waals surface area (Å²) in [7, 11) is -3.48. The molecule has 6 nitrogen and oxygen atoms in total. The first-order valence-corrected chi connectivity index (χ1v) is 11.0. The number of likely N-dealkylation sites (tertiary alicyclic amines) is 1. The average molecular weight is 416 g/mol. The Kier molecular flexibility index (Phi) is 7.30. The van der Waals surface area contributed by atoms with Crippen LogP contribution < -0.4 is 5.32 Å². The van der Waals surface area contributed by atoms with Crippen LogP contribution in [-0.2, 0) is 10.0 Å². The molecule has 2 heterocycles. The van der Waals surface area contributed by atoms with Crippen LogP contribution in [0.3, 0.4) is 0 Å². The fourth-order valence-electron chi connectivity index (χ4n) is 4.07. The van der Waals surface area contributed by atoms with Crippen LogP contribution in [0.2, 0.25) is 0 Å². The molecule has 0 saturated carbocycles. The van der Waals surface area contributed by atoms with E-state index in [0.717, 1.165) is 39.0 Å². The number of nitrogens with one attached hydrogen (secondary N) is 1. The Morgan fingerprint density at radius 3 is 2.19 bits per heavy atom. The van der Waals surface area contributed by atoms with Crippen LogP contribution >= 0.6 is 12.4 Å². The molecule has 3 rings (SSSR count). The number of hydrogen-bond acceptors (Lipinski definition) is 4. The molecule has 8 heteroatoms. The quantitative estimate of drug-likeness (QED) is 0.801. The fraction of sp³-hybridized carbons (Fsp3) is 0.632. The second kappa shape index (κ2) is 8.90. The highest BCUT2D eigenvalue weighted by atomic mass is 35.5. The lowest BCUT2D eigenvalue weighted by Crippen LogP contribution is -2.44. The van der Waals surface area contributed by atoms with Gasteiger partial charge in [-0.15, -0.1) is 12.4 Å². The minimum absolute atomic E-state index is 0. The molecule has 2 saturated heterocycles.